The number of carbonyl (C=O) groups is 1. The highest BCUT2D eigenvalue weighted by Crippen LogP contribution is 2.21. The molecule has 0 radical (unpaired) electrons. The first-order valence-corrected chi connectivity index (χ1v) is 7.70. The van der Waals surface area contributed by atoms with E-state index in [0.717, 1.165) is 22.2 Å². The summed E-state index contributed by atoms with van der Waals surface area (Å²) < 4.78 is 1.72. The third-order valence-corrected chi connectivity index (χ3v) is 3.99. The van der Waals surface area contributed by atoms with Crippen LogP contribution in [0.1, 0.15) is 16.1 Å². The maximum atomic E-state index is 12.5. The monoisotopic (exact) mass is 343 g/mol. The van der Waals surface area contributed by atoms with Crippen LogP contribution in [0.2, 0.25) is 0 Å². The molecule has 1 N–H and O–H groups in total. The van der Waals surface area contributed by atoms with Crippen LogP contribution in [0.5, 0.6) is 0 Å². The van der Waals surface area contributed by atoms with Crippen molar-refractivity contribution in [2.45, 2.75) is 5.33 Å². The minimum Gasteiger partial charge on any atom is -0.320 e. The number of amides is 1. The second kappa shape index (κ2) is 5.69. The predicted molar refractivity (Wildman–Crippen MR) is 87.7 cm³/mol. The molecular weight excluding hydrogens is 330 g/mol. The van der Waals surface area contributed by atoms with E-state index in [2.05, 4.69) is 26.3 Å². The number of hydrogen-bond acceptors (Lipinski definition) is 2. The van der Waals surface area contributed by atoms with Gasteiger partial charge < -0.3 is 5.32 Å². The summed E-state index contributed by atoms with van der Waals surface area (Å²) in [6.07, 6.45) is 0. The van der Waals surface area contributed by atoms with Gasteiger partial charge in [-0.15, -0.1) is 0 Å². The lowest BCUT2D eigenvalue weighted by Crippen LogP contribution is -2.14. The number of nitrogens with one attached hydrogen (secondary N) is 1. The molecule has 0 saturated heterocycles. The van der Waals surface area contributed by atoms with Crippen LogP contribution in [-0.2, 0) is 12.4 Å². The number of rotatable bonds is 3. The molecule has 5 heteroatoms. The van der Waals surface area contributed by atoms with Gasteiger partial charge >= 0.3 is 0 Å². The highest BCUT2D eigenvalue weighted by molar-refractivity contribution is 9.08. The Labute approximate surface area is 130 Å². The Hall–Kier alpha value is -2.14. The average Bonchev–Trinajstić information content (AvgIpc) is 2.86. The number of hydrogen-bond donors (Lipinski definition) is 1. The molecule has 3 rings (SSSR count). The van der Waals surface area contributed by atoms with E-state index in [1.165, 1.54) is 0 Å². The van der Waals surface area contributed by atoms with Crippen molar-refractivity contribution in [3.05, 3.63) is 59.8 Å². The van der Waals surface area contributed by atoms with Gasteiger partial charge in [0.25, 0.3) is 5.91 Å². The Bertz CT molecular complexity index is 810. The van der Waals surface area contributed by atoms with Gasteiger partial charge in [-0.1, -0.05) is 52.3 Å². The normalized spacial score (nSPS) is 10.8. The standard InChI is InChI=1S/C16H14BrN3O/c1-20-14-9-5-3-7-12(14)15(19-20)16(21)18-13-8-4-2-6-11(13)10-17/h2-9H,10H2,1H3,(H,18,21). The van der Waals surface area contributed by atoms with Crippen molar-refractivity contribution in [1.82, 2.24) is 9.78 Å². The van der Waals surface area contributed by atoms with Gasteiger partial charge in [-0.05, 0) is 17.7 Å². The largest absolute Gasteiger partial charge is 0.320 e. The maximum absolute atomic E-state index is 12.5. The number of alkyl halides is 1. The van der Waals surface area contributed by atoms with Crippen LogP contribution in [0.15, 0.2) is 48.5 Å². The van der Waals surface area contributed by atoms with Crippen LogP contribution in [0.4, 0.5) is 5.69 Å². The van der Waals surface area contributed by atoms with Crippen molar-refractivity contribution in [1.29, 1.82) is 0 Å². The van der Waals surface area contributed by atoms with Gasteiger partial charge in [-0.2, -0.15) is 5.10 Å². The molecule has 0 spiro atoms. The molecule has 0 bridgehead atoms. The van der Waals surface area contributed by atoms with Crippen molar-refractivity contribution in [2.24, 2.45) is 7.05 Å². The van der Waals surface area contributed by atoms with Gasteiger partial charge in [0.1, 0.15) is 0 Å². The molecule has 0 unspecified atom stereocenters. The maximum Gasteiger partial charge on any atom is 0.276 e. The lowest BCUT2D eigenvalue weighted by molar-refractivity contribution is 0.102. The van der Waals surface area contributed by atoms with E-state index in [0.29, 0.717) is 11.0 Å². The van der Waals surface area contributed by atoms with Crippen LogP contribution >= 0.6 is 15.9 Å². The van der Waals surface area contributed by atoms with Gasteiger partial charge in [0.15, 0.2) is 5.69 Å². The van der Waals surface area contributed by atoms with Crippen molar-refractivity contribution in [3.63, 3.8) is 0 Å². The summed E-state index contributed by atoms with van der Waals surface area (Å²) in [7, 11) is 1.84. The average molecular weight is 344 g/mol. The molecule has 1 amide bonds. The second-order valence-corrected chi connectivity index (χ2v) is 5.29. The smallest absolute Gasteiger partial charge is 0.276 e. The zero-order valence-corrected chi connectivity index (χ0v) is 13.1. The molecule has 0 aliphatic heterocycles. The predicted octanol–water partition coefficient (Wildman–Crippen LogP) is 3.72. The first kappa shape index (κ1) is 13.8. The summed E-state index contributed by atoms with van der Waals surface area (Å²) in [4.78, 5) is 12.5. The van der Waals surface area contributed by atoms with Crippen molar-refractivity contribution in [2.75, 3.05) is 5.32 Å². The third-order valence-electron chi connectivity index (χ3n) is 3.38. The number of anilines is 1. The Morgan fingerprint density at radius 2 is 1.90 bits per heavy atom. The van der Waals surface area contributed by atoms with Crippen molar-refractivity contribution >= 4 is 38.4 Å². The van der Waals surface area contributed by atoms with Crippen molar-refractivity contribution < 1.29 is 4.79 Å². The van der Waals surface area contributed by atoms with Gasteiger partial charge in [0.2, 0.25) is 0 Å². The quantitative estimate of drug-likeness (QED) is 0.736. The fraction of sp³-hybridized carbons (Fsp3) is 0.125. The molecule has 4 nitrogen and oxygen atoms in total. The zero-order chi connectivity index (χ0) is 14.8. The molecule has 106 valence electrons. The van der Waals surface area contributed by atoms with Gasteiger partial charge in [0.05, 0.1) is 5.52 Å². The lowest BCUT2D eigenvalue weighted by Gasteiger charge is -2.07. The number of halogens is 1. The summed E-state index contributed by atoms with van der Waals surface area (Å²) >= 11 is 3.43. The number of aryl methyl sites for hydroxylation is 1. The zero-order valence-electron chi connectivity index (χ0n) is 11.5. The summed E-state index contributed by atoms with van der Waals surface area (Å²) in [5.74, 6) is -0.194. The number of para-hydroxylation sites is 2. The lowest BCUT2D eigenvalue weighted by atomic mass is 10.1. The van der Waals surface area contributed by atoms with E-state index in [9.17, 15) is 4.79 Å². The first-order valence-electron chi connectivity index (χ1n) is 6.57. The fourth-order valence-corrected chi connectivity index (χ4v) is 2.81. The molecule has 2 aromatic carbocycles. The van der Waals surface area contributed by atoms with Crippen molar-refractivity contribution in [3.8, 4) is 0 Å². The SMILES string of the molecule is Cn1nc(C(=O)Nc2ccccc2CBr)c2ccccc21. The number of benzene rings is 2. The summed E-state index contributed by atoms with van der Waals surface area (Å²) in [5, 5.41) is 8.82. The number of aromatic nitrogens is 2. The van der Waals surface area contributed by atoms with Gasteiger partial charge in [0, 0.05) is 23.5 Å². The Morgan fingerprint density at radius 1 is 1.19 bits per heavy atom. The minimum absolute atomic E-state index is 0.194. The fourth-order valence-electron chi connectivity index (χ4n) is 2.32. The highest BCUT2D eigenvalue weighted by Gasteiger charge is 2.16. The van der Waals surface area contributed by atoms with Crippen LogP contribution in [0.25, 0.3) is 10.9 Å². The first-order chi connectivity index (χ1) is 10.2. The molecule has 0 atom stereocenters. The topological polar surface area (TPSA) is 46.9 Å². The second-order valence-electron chi connectivity index (χ2n) is 4.73. The van der Waals surface area contributed by atoms with E-state index in [4.69, 9.17) is 0 Å². The highest BCUT2D eigenvalue weighted by atomic mass is 79.9. The van der Waals surface area contributed by atoms with Gasteiger partial charge in [-0.25, -0.2) is 0 Å². The number of carbonyl (C=O) groups excluding carboxylic acids is 1. The van der Waals surface area contributed by atoms with E-state index >= 15 is 0 Å². The molecule has 0 aliphatic carbocycles. The van der Waals surface area contributed by atoms with Crippen LogP contribution in [0, 0.1) is 0 Å². The summed E-state index contributed by atoms with van der Waals surface area (Å²) in [6, 6.07) is 15.4. The Kier molecular flexibility index (Phi) is 3.75. The molecular formula is C16H14BrN3O. The van der Waals surface area contributed by atoms with Gasteiger partial charge in [-0.3, -0.25) is 9.48 Å². The molecule has 1 aromatic heterocycles. The van der Waals surface area contributed by atoms with E-state index in [1.54, 1.807) is 4.68 Å². The van der Waals surface area contributed by atoms with E-state index in [1.807, 2.05) is 55.6 Å². The summed E-state index contributed by atoms with van der Waals surface area (Å²) in [6.45, 7) is 0. The van der Waals surface area contributed by atoms with Crippen LogP contribution < -0.4 is 5.32 Å². The van der Waals surface area contributed by atoms with Crippen LogP contribution in [0.3, 0.4) is 0 Å². The molecule has 0 aliphatic rings. The molecule has 1 heterocycles. The number of nitrogens with zero attached hydrogens (tertiary/aromatic N) is 2. The number of fused-ring (bicyclic) bond motifs is 1. The van der Waals surface area contributed by atoms with E-state index in [-0.39, 0.29) is 5.91 Å². The molecule has 21 heavy (non-hydrogen) atoms. The Morgan fingerprint density at radius 3 is 2.71 bits per heavy atom. The molecule has 0 fully saturated rings. The minimum atomic E-state index is -0.194. The third kappa shape index (κ3) is 2.56. The van der Waals surface area contributed by atoms with Crippen LogP contribution in [-0.4, -0.2) is 15.7 Å². The molecule has 3 aromatic rings. The summed E-state index contributed by atoms with van der Waals surface area (Å²) in [5.41, 5.74) is 3.22. The van der Waals surface area contributed by atoms with E-state index < -0.39 is 0 Å². The molecule has 0 saturated carbocycles. The Balaban J connectivity index is 1.98.